The topological polar surface area (TPSA) is 20.2 Å². The van der Waals surface area contributed by atoms with Gasteiger partial charge >= 0.3 is 0 Å². The Labute approximate surface area is 101 Å². The summed E-state index contributed by atoms with van der Waals surface area (Å²) in [4.78, 5) is 0. The lowest BCUT2D eigenvalue weighted by molar-refractivity contribution is 0.137. The second-order valence-electron chi connectivity index (χ2n) is 5.29. The van der Waals surface area contributed by atoms with E-state index in [0.29, 0.717) is 5.92 Å². The molecule has 0 aromatic heterocycles. The quantitative estimate of drug-likeness (QED) is 0.830. The Morgan fingerprint density at radius 1 is 1.31 bits per heavy atom. The van der Waals surface area contributed by atoms with Gasteiger partial charge < -0.3 is 5.11 Å². The van der Waals surface area contributed by atoms with E-state index in [2.05, 4.69) is 0 Å². The Morgan fingerprint density at radius 3 is 2.62 bits per heavy atom. The number of aryl methyl sites for hydroxylation is 1. The fraction of sp³-hybridized carbons (Fsp3) is 0.571. The molecule has 16 heavy (non-hydrogen) atoms. The fourth-order valence-corrected chi connectivity index (χ4v) is 3.55. The Hall–Kier alpha value is -0.530. The molecule has 86 valence electrons. The highest BCUT2D eigenvalue weighted by molar-refractivity contribution is 6.31. The number of hydrogen-bond acceptors (Lipinski definition) is 1. The van der Waals surface area contributed by atoms with Crippen molar-refractivity contribution in [2.75, 3.05) is 0 Å². The minimum atomic E-state index is -0.298. The van der Waals surface area contributed by atoms with E-state index in [1.165, 1.54) is 19.3 Å². The number of hydrogen-bond donors (Lipinski definition) is 1. The normalized spacial score (nSPS) is 33.6. The van der Waals surface area contributed by atoms with Gasteiger partial charge in [0.05, 0.1) is 6.10 Å². The van der Waals surface area contributed by atoms with Crippen LogP contribution in [0.2, 0.25) is 5.02 Å². The van der Waals surface area contributed by atoms with Gasteiger partial charge in [0.2, 0.25) is 0 Å². The first-order valence-electron chi connectivity index (χ1n) is 6.12. The van der Waals surface area contributed by atoms with E-state index in [4.69, 9.17) is 11.6 Å². The molecule has 3 unspecified atom stereocenters. The Balaban J connectivity index is 1.79. The molecule has 0 radical (unpaired) electrons. The number of aliphatic hydroxyl groups excluding tert-OH is 1. The maximum absolute atomic E-state index is 10.3. The smallest absolute Gasteiger partial charge is 0.0824 e. The second-order valence-corrected chi connectivity index (χ2v) is 5.70. The summed E-state index contributed by atoms with van der Waals surface area (Å²) in [5.74, 6) is 2.08. The SMILES string of the molecule is Cc1ccc(C(O)C2C3CCCC32)cc1Cl. The second kappa shape index (κ2) is 3.75. The van der Waals surface area contributed by atoms with Gasteiger partial charge in [0, 0.05) is 5.02 Å². The maximum Gasteiger partial charge on any atom is 0.0824 e. The van der Waals surface area contributed by atoms with Gasteiger partial charge in [-0.25, -0.2) is 0 Å². The van der Waals surface area contributed by atoms with Crippen LogP contribution < -0.4 is 0 Å². The standard InChI is InChI=1S/C14H17ClO/c1-8-5-6-9(7-12(8)15)14(16)13-10-3-2-4-11(10)13/h5-7,10-11,13-14,16H,2-4H2,1H3. The van der Waals surface area contributed by atoms with E-state index in [9.17, 15) is 5.11 Å². The average Bonchev–Trinajstić information content (AvgIpc) is 2.74. The summed E-state index contributed by atoms with van der Waals surface area (Å²) < 4.78 is 0. The summed E-state index contributed by atoms with van der Waals surface area (Å²) >= 11 is 6.09. The molecule has 2 fully saturated rings. The third-order valence-corrected chi connectivity index (χ3v) is 4.78. The number of rotatable bonds is 2. The predicted molar refractivity (Wildman–Crippen MR) is 65.5 cm³/mol. The van der Waals surface area contributed by atoms with Crippen LogP contribution in [0.25, 0.3) is 0 Å². The summed E-state index contributed by atoms with van der Waals surface area (Å²) in [7, 11) is 0. The Bertz CT molecular complexity index is 405. The van der Waals surface area contributed by atoms with Crippen molar-refractivity contribution in [3.63, 3.8) is 0 Å². The van der Waals surface area contributed by atoms with E-state index in [1.807, 2.05) is 25.1 Å². The van der Waals surface area contributed by atoms with Crippen molar-refractivity contribution in [1.82, 2.24) is 0 Å². The van der Waals surface area contributed by atoms with E-state index >= 15 is 0 Å². The third kappa shape index (κ3) is 1.57. The van der Waals surface area contributed by atoms with Crippen LogP contribution in [0.4, 0.5) is 0 Å². The van der Waals surface area contributed by atoms with Crippen LogP contribution in [0.5, 0.6) is 0 Å². The van der Waals surface area contributed by atoms with Crippen LogP contribution in [0, 0.1) is 24.7 Å². The zero-order valence-corrected chi connectivity index (χ0v) is 10.2. The molecule has 0 heterocycles. The minimum absolute atomic E-state index is 0.298. The van der Waals surface area contributed by atoms with Gasteiger partial charge in [-0.05, 0) is 54.7 Å². The van der Waals surface area contributed by atoms with Crippen molar-refractivity contribution in [3.05, 3.63) is 34.3 Å². The van der Waals surface area contributed by atoms with Gasteiger partial charge in [0.1, 0.15) is 0 Å². The van der Waals surface area contributed by atoms with Crippen LogP contribution in [0.1, 0.15) is 36.5 Å². The molecule has 0 saturated heterocycles. The zero-order chi connectivity index (χ0) is 11.3. The number of benzene rings is 1. The lowest BCUT2D eigenvalue weighted by Crippen LogP contribution is -2.04. The molecule has 3 rings (SSSR count). The molecule has 0 amide bonds. The van der Waals surface area contributed by atoms with E-state index < -0.39 is 0 Å². The molecule has 0 aliphatic heterocycles. The van der Waals surface area contributed by atoms with Gasteiger partial charge in [0.25, 0.3) is 0 Å². The van der Waals surface area contributed by atoms with Crippen molar-refractivity contribution in [2.24, 2.45) is 17.8 Å². The number of halogens is 1. The largest absolute Gasteiger partial charge is 0.388 e. The van der Waals surface area contributed by atoms with Gasteiger partial charge in [-0.2, -0.15) is 0 Å². The van der Waals surface area contributed by atoms with Crippen molar-refractivity contribution in [2.45, 2.75) is 32.3 Å². The molecule has 2 aliphatic rings. The van der Waals surface area contributed by atoms with Gasteiger partial charge in [-0.3, -0.25) is 0 Å². The molecule has 1 N–H and O–H groups in total. The molecule has 0 spiro atoms. The summed E-state index contributed by atoms with van der Waals surface area (Å²) in [6.45, 7) is 1.99. The number of fused-ring (bicyclic) bond motifs is 1. The van der Waals surface area contributed by atoms with Crippen LogP contribution in [-0.2, 0) is 0 Å². The van der Waals surface area contributed by atoms with Gasteiger partial charge in [-0.15, -0.1) is 0 Å². The first-order valence-corrected chi connectivity index (χ1v) is 6.50. The molecule has 1 nitrogen and oxygen atoms in total. The monoisotopic (exact) mass is 236 g/mol. The fourth-order valence-electron chi connectivity index (χ4n) is 3.36. The van der Waals surface area contributed by atoms with E-state index in [0.717, 1.165) is 28.0 Å². The van der Waals surface area contributed by atoms with Crippen LogP contribution in [-0.4, -0.2) is 5.11 Å². The molecule has 0 bridgehead atoms. The summed E-state index contributed by atoms with van der Waals surface area (Å²) in [5, 5.41) is 11.1. The van der Waals surface area contributed by atoms with E-state index in [-0.39, 0.29) is 6.10 Å². The van der Waals surface area contributed by atoms with Crippen LogP contribution >= 0.6 is 11.6 Å². The average molecular weight is 237 g/mol. The molecule has 2 aliphatic carbocycles. The highest BCUT2D eigenvalue weighted by Gasteiger charge is 2.55. The first kappa shape index (κ1) is 10.6. The Kier molecular flexibility index (Phi) is 2.49. The van der Waals surface area contributed by atoms with Crippen LogP contribution in [0.15, 0.2) is 18.2 Å². The Morgan fingerprint density at radius 2 is 2.00 bits per heavy atom. The summed E-state index contributed by atoms with van der Waals surface area (Å²) in [6, 6.07) is 5.94. The highest BCUT2D eigenvalue weighted by Crippen LogP contribution is 2.62. The summed E-state index contributed by atoms with van der Waals surface area (Å²) in [6.07, 6.45) is 3.68. The lowest BCUT2D eigenvalue weighted by atomic mass is 9.99. The molecule has 3 atom stereocenters. The lowest BCUT2D eigenvalue weighted by Gasteiger charge is -2.14. The minimum Gasteiger partial charge on any atom is -0.388 e. The van der Waals surface area contributed by atoms with Crippen molar-refractivity contribution < 1.29 is 5.11 Å². The zero-order valence-electron chi connectivity index (χ0n) is 9.49. The first-order chi connectivity index (χ1) is 7.68. The molecule has 1 aromatic rings. The third-order valence-electron chi connectivity index (χ3n) is 4.37. The predicted octanol–water partition coefficient (Wildman–Crippen LogP) is 3.73. The maximum atomic E-state index is 10.3. The van der Waals surface area contributed by atoms with Gasteiger partial charge in [0.15, 0.2) is 0 Å². The summed E-state index contributed by atoms with van der Waals surface area (Å²) in [5.41, 5.74) is 2.07. The van der Waals surface area contributed by atoms with Gasteiger partial charge in [-0.1, -0.05) is 30.2 Å². The van der Waals surface area contributed by atoms with Crippen molar-refractivity contribution in [1.29, 1.82) is 0 Å². The van der Waals surface area contributed by atoms with Crippen molar-refractivity contribution >= 4 is 11.6 Å². The molecular formula is C14H17ClO. The molecule has 1 aromatic carbocycles. The highest BCUT2D eigenvalue weighted by atomic mass is 35.5. The van der Waals surface area contributed by atoms with E-state index in [1.54, 1.807) is 0 Å². The molecule has 2 heteroatoms. The van der Waals surface area contributed by atoms with Crippen LogP contribution in [0.3, 0.4) is 0 Å². The molecular weight excluding hydrogens is 220 g/mol. The van der Waals surface area contributed by atoms with Crippen molar-refractivity contribution in [3.8, 4) is 0 Å². The number of aliphatic hydroxyl groups is 1. The molecule has 2 saturated carbocycles.